The van der Waals surface area contributed by atoms with Crippen LogP contribution in [0.5, 0.6) is 0 Å². The first-order valence-corrected chi connectivity index (χ1v) is 10.7. The monoisotopic (exact) mass is 338 g/mol. The molecule has 5 aliphatic carbocycles. The molecule has 2 nitrogen and oxygen atoms in total. The zero-order valence-electron chi connectivity index (χ0n) is 15.7. The van der Waals surface area contributed by atoms with Crippen LogP contribution in [0.3, 0.4) is 0 Å². The largest absolute Gasteiger partial charge is 0.366 e. The lowest BCUT2D eigenvalue weighted by Crippen LogP contribution is -2.56. The lowest BCUT2D eigenvalue weighted by atomic mass is 9.47. The Kier molecular flexibility index (Phi) is 2.85. The Balaban J connectivity index is 1.41. The van der Waals surface area contributed by atoms with Gasteiger partial charge in [0.2, 0.25) is 0 Å². The molecule has 25 heavy (non-hydrogen) atoms. The molecule has 1 spiro atoms. The molecule has 2 heteroatoms. The zero-order chi connectivity index (χ0) is 17.0. The Labute approximate surface area is 151 Å². The number of rotatable bonds is 0. The quantitative estimate of drug-likeness (QED) is 0.677. The molecule has 2 N–H and O–H groups in total. The van der Waals surface area contributed by atoms with Gasteiger partial charge in [0.25, 0.3) is 0 Å². The highest BCUT2D eigenvalue weighted by atomic mass is 16.5. The van der Waals surface area contributed by atoms with E-state index in [0.717, 1.165) is 60.2 Å². The van der Waals surface area contributed by atoms with Crippen LogP contribution >= 0.6 is 0 Å². The highest BCUT2D eigenvalue weighted by Gasteiger charge is 2.76. The van der Waals surface area contributed by atoms with E-state index in [1.807, 2.05) is 0 Å². The van der Waals surface area contributed by atoms with Gasteiger partial charge >= 0.3 is 0 Å². The Morgan fingerprint density at radius 1 is 1.24 bits per heavy atom. The molecule has 6 aliphatic rings. The minimum absolute atomic E-state index is 0.0912. The van der Waals surface area contributed by atoms with Crippen molar-refractivity contribution in [2.45, 2.75) is 58.0 Å². The van der Waals surface area contributed by atoms with Gasteiger partial charge in [0.1, 0.15) is 0 Å². The molecular formula is C23H32NO+. The van der Waals surface area contributed by atoms with Crippen LogP contribution in [0.15, 0.2) is 23.8 Å². The summed E-state index contributed by atoms with van der Waals surface area (Å²) in [6.45, 7) is 5.99. The molecule has 4 fully saturated rings. The standard InChI is InChI=1S/C23H31NO/c1-13-10-14-11-15(24)4-5-16(14)17-6-8-22(2)21(20(13)17)18-12-19(18)23(22)7-3-9-25-23/h3,7,11,13,16-21,24H,4-6,8-10,12H2,1-2H3/p+1/t13-,16?,17?,18?,19?,20?,21?,22-,23?/m0/s1. The highest BCUT2D eigenvalue weighted by Crippen LogP contribution is 2.77. The molecule has 0 aromatic rings. The van der Waals surface area contributed by atoms with Crippen molar-refractivity contribution < 1.29 is 10.1 Å². The first-order chi connectivity index (χ1) is 12.1. The third kappa shape index (κ3) is 1.69. The number of hydrogen-bond donors (Lipinski definition) is 1. The maximum atomic E-state index is 6.52. The summed E-state index contributed by atoms with van der Waals surface area (Å²) in [6, 6.07) is 0. The maximum Gasteiger partial charge on any atom is 0.172 e. The molecule has 0 bridgehead atoms. The van der Waals surface area contributed by atoms with Crippen LogP contribution in [-0.2, 0) is 4.74 Å². The SMILES string of the molecule is C[C@H]1CC2=CC(=[NH2+])CCC2C2CC[C@@]3(C)C(C4CC4C34C=CCO4)C21. The van der Waals surface area contributed by atoms with Crippen LogP contribution < -0.4 is 5.41 Å². The van der Waals surface area contributed by atoms with Crippen molar-refractivity contribution in [2.75, 3.05) is 6.61 Å². The fourth-order valence-electron chi connectivity index (χ4n) is 8.68. The summed E-state index contributed by atoms with van der Waals surface area (Å²) < 4.78 is 6.52. The Morgan fingerprint density at radius 2 is 2.12 bits per heavy atom. The average molecular weight is 339 g/mol. The fraction of sp³-hybridized carbons (Fsp3) is 0.783. The lowest BCUT2D eigenvalue weighted by Gasteiger charge is -2.58. The first kappa shape index (κ1) is 15.2. The van der Waals surface area contributed by atoms with E-state index in [4.69, 9.17) is 10.1 Å². The van der Waals surface area contributed by atoms with Crippen molar-refractivity contribution in [2.24, 2.45) is 46.8 Å². The molecule has 134 valence electrons. The third-order valence-corrected chi connectivity index (χ3v) is 9.49. The second-order valence-corrected chi connectivity index (χ2v) is 10.4. The predicted molar refractivity (Wildman–Crippen MR) is 98.8 cm³/mol. The number of hydrogen-bond acceptors (Lipinski definition) is 1. The van der Waals surface area contributed by atoms with Crippen molar-refractivity contribution in [3.8, 4) is 0 Å². The number of ether oxygens (including phenoxy) is 1. The Morgan fingerprint density at radius 3 is 2.92 bits per heavy atom. The van der Waals surface area contributed by atoms with Gasteiger partial charge in [0.15, 0.2) is 5.71 Å². The molecule has 0 saturated heterocycles. The van der Waals surface area contributed by atoms with E-state index in [2.05, 4.69) is 32.1 Å². The molecule has 0 amide bonds. The van der Waals surface area contributed by atoms with Crippen LogP contribution in [0.4, 0.5) is 0 Å². The smallest absolute Gasteiger partial charge is 0.172 e. The van der Waals surface area contributed by atoms with Crippen LogP contribution in [0.25, 0.3) is 0 Å². The van der Waals surface area contributed by atoms with Crippen LogP contribution in [0, 0.1) is 46.8 Å². The van der Waals surface area contributed by atoms with Gasteiger partial charge in [-0.3, -0.25) is 5.41 Å². The Hall–Kier alpha value is -0.890. The minimum Gasteiger partial charge on any atom is -0.366 e. The number of nitrogens with two attached hydrogens (primary N) is 1. The average Bonchev–Trinajstić information content (AvgIpc) is 3.15. The maximum absolute atomic E-state index is 6.52. The van der Waals surface area contributed by atoms with Crippen LogP contribution in [0.2, 0.25) is 0 Å². The van der Waals surface area contributed by atoms with E-state index in [0.29, 0.717) is 5.41 Å². The molecule has 0 radical (unpaired) electrons. The van der Waals surface area contributed by atoms with Crippen molar-refractivity contribution in [3.05, 3.63) is 23.8 Å². The molecule has 7 unspecified atom stereocenters. The van der Waals surface area contributed by atoms with Crippen molar-refractivity contribution in [1.82, 2.24) is 0 Å². The van der Waals surface area contributed by atoms with E-state index < -0.39 is 0 Å². The molecule has 4 saturated carbocycles. The predicted octanol–water partition coefficient (Wildman–Crippen LogP) is 3.19. The van der Waals surface area contributed by atoms with Gasteiger partial charge in [-0.1, -0.05) is 31.6 Å². The van der Waals surface area contributed by atoms with Crippen molar-refractivity contribution in [3.63, 3.8) is 0 Å². The summed E-state index contributed by atoms with van der Waals surface area (Å²) >= 11 is 0. The summed E-state index contributed by atoms with van der Waals surface area (Å²) in [5, 5.41) is 6.19. The van der Waals surface area contributed by atoms with E-state index in [1.165, 1.54) is 32.1 Å². The third-order valence-electron chi connectivity index (χ3n) is 9.49. The molecule has 0 aromatic carbocycles. The number of fused-ring (bicyclic) bond motifs is 9. The fourth-order valence-corrected chi connectivity index (χ4v) is 8.68. The lowest BCUT2D eigenvalue weighted by molar-refractivity contribution is -0.140. The topological polar surface area (TPSA) is 34.8 Å². The summed E-state index contributed by atoms with van der Waals surface area (Å²) in [6.07, 6.45) is 15.1. The summed E-state index contributed by atoms with van der Waals surface area (Å²) in [5.41, 5.74) is 3.29. The van der Waals surface area contributed by atoms with Crippen molar-refractivity contribution in [1.29, 1.82) is 0 Å². The van der Waals surface area contributed by atoms with Gasteiger partial charge in [-0.15, -0.1) is 0 Å². The number of allylic oxidation sites excluding steroid dienone is 2. The molecule has 1 aliphatic heterocycles. The van der Waals surface area contributed by atoms with Gasteiger partial charge in [0.05, 0.1) is 12.2 Å². The molecule has 0 aromatic heterocycles. The zero-order valence-corrected chi connectivity index (χ0v) is 15.7. The van der Waals surface area contributed by atoms with Gasteiger partial charge in [-0.05, 0) is 73.5 Å². The first-order valence-electron chi connectivity index (χ1n) is 10.7. The summed E-state index contributed by atoms with van der Waals surface area (Å²) in [5.74, 6) is 6.10. The molecular weight excluding hydrogens is 306 g/mol. The van der Waals surface area contributed by atoms with Crippen LogP contribution in [0.1, 0.15) is 52.4 Å². The van der Waals surface area contributed by atoms with E-state index in [-0.39, 0.29) is 5.60 Å². The van der Waals surface area contributed by atoms with E-state index in [1.54, 1.807) is 5.57 Å². The van der Waals surface area contributed by atoms with Gasteiger partial charge in [-0.2, -0.15) is 0 Å². The molecule has 1 heterocycles. The second kappa shape index (κ2) is 4.68. The second-order valence-electron chi connectivity index (χ2n) is 10.4. The normalized spacial score (nSPS) is 58.4. The molecule has 6 rings (SSSR count). The molecule has 9 atom stereocenters. The van der Waals surface area contributed by atoms with Gasteiger partial charge < -0.3 is 4.74 Å². The van der Waals surface area contributed by atoms with Crippen molar-refractivity contribution >= 4 is 5.71 Å². The van der Waals surface area contributed by atoms with E-state index in [9.17, 15) is 0 Å². The van der Waals surface area contributed by atoms with Gasteiger partial charge in [0, 0.05) is 17.9 Å². The van der Waals surface area contributed by atoms with Crippen LogP contribution in [-0.4, -0.2) is 17.9 Å². The highest BCUT2D eigenvalue weighted by molar-refractivity contribution is 5.91. The van der Waals surface area contributed by atoms with Gasteiger partial charge in [-0.25, -0.2) is 0 Å². The summed E-state index contributed by atoms with van der Waals surface area (Å²) in [7, 11) is 0. The summed E-state index contributed by atoms with van der Waals surface area (Å²) in [4.78, 5) is 0. The van der Waals surface area contributed by atoms with E-state index >= 15 is 0 Å². The minimum atomic E-state index is 0.0912. The Bertz CT molecular complexity index is 707.